The highest BCUT2D eigenvalue weighted by Crippen LogP contribution is 2.25. The van der Waals surface area contributed by atoms with E-state index in [1.54, 1.807) is 24.1 Å². The molecule has 1 saturated heterocycles. The van der Waals surface area contributed by atoms with Crippen LogP contribution in [0.5, 0.6) is 5.75 Å². The van der Waals surface area contributed by atoms with Gasteiger partial charge in [0.15, 0.2) is 0 Å². The van der Waals surface area contributed by atoms with Crippen molar-refractivity contribution in [3.8, 4) is 5.75 Å². The van der Waals surface area contributed by atoms with Crippen molar-refractivity contribution in [2.45, 2.75) is 26.7 Å². The van der Waals surface area contributed by atoms with Gasteiger partial charge in [-0.05, 0) is 62.1 Å². The molecule has 1 fully saturated rings. The molecule has 0 atom stereocenters. The fraction of sp³-hybridized carbons (Fsp3) is 0.364. The van der Waals surface area contributed by atoms with Gasteiger partial charge in [-0.25, -0.2) is 0 Å². The van der Waals surface area contributed by atoms with Crippen LogP contribution in [0.2, 0.25) is 0 Å². The Balaban J connectivity index is 1.59. The monoisotopic (exact) mass is 366 g/mol. The van der Waals surface area contributed by atoms with Gasteiger partial charge in [-0.3, -0.25) is 9.59 Å². The summed E-state index contributed by atoms with van der Waals surface area (Å²) in [6.45, 7) is 5.18. The summed E-state index contributed by atoms with van der Waals surface area (Å²) in [5.41, 5.74) is 3.66. The molecule has 5 nitrogen and oxygen atoms in total. The van der Waals surface area contributed by atoms with E-state index in [2.05, 4.69) is 11.4 Å². The Morgan fingerprint density at radius 1 is 1.04 bits per heavy atom. The van der Waals surface area contributed by atoms with Crippen LogP contribution in [0, 0.1) is 19.8 Å². The largest absolute Gasteiger partial charge is 0.496 e. The summed E-state index contributed by atoms with van der Waals surface area (Å²) in [7, 11) is 1.57. The van der Waals surface area contributed by atoms with Gasteiger partial charge in [-0.2, -0.15) is 0 Å². The van der Waals surface area contributed by atoms with E-state index in [1.165, 1.54) is 0 Å². The summed E-state index contributed by atoms with van der Waals surface area (Å²) in [4.78, 5) is 27.2. The molecule has 0 radical (unpaired) electrons. The van der Waals surface area contributed by atoms with Crippen LogP contribution in [-0.4, -0.2) is 36.9 Å². The van der Waals surface area contributed by atoms with E-state index in [9.17, 15) is 9.59 Å². The normalized spacial score (nSPS) is 14.7. The average molecular weight is 366 g/mol. The van der Waals surface area contributed by atoms with Crippen molar-refractivity contribution in [3.05, 3.63) is 59.2 Å². The topological polar surface area (TPSA) is 58.6 Å². The molecule has 142 valence electrons. The third kappa shape index (κ3) is 4.48. The number of nitrogens with zero attached hydrogens (tertiary/aromatic N) is 1. The van der Waals surface area contributed by atoms with Crippen molar-refractivity contribution in [1.82, 2.24) is 4.90 Å². The van der Waals surface area contributed by atoms with Crippen molar-refractivity contribution < 1.29 is 14.3 Å². The minimum Gasteiger partial charge on any atom is -0.496 e. The van der Waals surface area contributed by atoms with E-state index in [1.807, 2.05) is 38.1 Å². The maximum Gasteiger partial charge on any atom is 0.257 e. The molecule has 1 heterocycles. The van der Waals surface area contributed by atoms with Crippen LogP contribution in [0.4, 0.5) is 5.69 Å². The van der Waals surface area contributed by atoms with E-state index in [-0.39, 0.29) is 17.7 Å². The number of benzene rings is 2. The molecule has 1 aliphatic heterocycles. The molecule has 0 aliphatic carbocycles. The van der Waals surface area contributed by atoms with Crippen LogP contribution < -0.4 is 10.1 Å². The van der Waals surface area contributed by atoms with Crippen LogP contribution >= 0.6 is 0 Å². The maximum absolute atomic E-state index is 12.8. The second-order valence-corrected chi connectivity index (χ2v) is 7.13. The second kappa shape index (κ2) is 8.25. The summed E-state index contributed by atoms with van der Waals surface area (Å²) >= 11 is 0. The number of hydrogen-bond donors (Lipinski definition) is 1. The van der Waals surface area contributed by atoms with Crippen LogP contribution in [0.1, 0.15) is 34.3 Å². The second-order valence-electron chi connectivity index (χ2n) is 7.13. The number of aryl methyl sites for hydroxylation is 2. The van der Waals surface area contributed by atoms with Crippen LogP contribution in [0.25, 0.3) is 0 Å². The Kier molecular flexibility index (Phi) is 5.79. The number of carbonyl (C=O) groups excluding carboxylic acids is 2. The lowest BCUT2D eigenvalue weighted by Crippen LogP contribution is -2.41. The molecule has 1 N–H and O–H groups in total. The molecule has 0 bridgehead atoms. The summed E-state index contributed by atoms with van der Waals surface area (Å²) < 4.78 is 5.29. The van der Waals surface area contributed by atoms with Gasteiger partial charge >= 0.3 is 0 Å². The average Bonchev–Trinajstić information content (AvgIpc) is 2.66. The van der Waals surface area contributed by atoms with Gasteiger partial charge in [0.1, 0.15) is 5.75 Å². The molecule has 5 heteroatoms. The van der Waals surface area contributed by atoms with E-state index in [0.29, 0.717) is 37.2 Å². The van der Waals surface area contributed by atoms with Crippen molar-refractivity contribution in [1.29, 1.82) is 0 Å². The number of rotatable bonds is 4. The Bertz CT molecular complexity index is 819. The van der Waals surface area contributed by atoms with Gasteiger partial charge in [-0.15, -0.1) is 0 Å². The highest BCUT2D eigenvalue weighted by Gasteiger charge is 2.28. The van der Waals surface area contributed by atoms with Crippen molar-refractivity contribution in [3.63, 3.8) is 0 Å². The summed E-state index contributed by atoms with van der Waals surface area (Å²) in [6, 6.07) is 13.3. The maximum atomic E-state index is 12.8. The zero-order valence-corrected chi connectivity index (χ0v) is 16.1. The van der Waals surface area contributed by atoms with E-state index >= 15 is 0 Å². The van der Waals surface area contributed by atoms with Gasteiger partial charge in [-0.1, -0.05) is 18.2 Å². The number of para-hydroxylation sites is 1. The van der Waals surface area contributed by atoms with Crippen LogP contribution in [-0.2, 0) is 4.79 Å². The molecule has 1 aliphatic rings. The Hall–Kier alpha value is -2.82. The first kappa shape index (κ1) is 19.0. The van der Waals surface area contributed by atoms with Crippen molar-refractivity contribution in [2.24, 2.45) is 5.92 Å². The van der Waals surface area contributed by atoms with Crippen molar-refractivity contribution in [2.75, 3.05) is 25.5 Å². The first-order valence-corrected chi connectivity index (χ1v) is 9.29. The number of piperidine rings is 1. The number of carbonyl (C=O) groups is 2. The zero-order valence-electron chi connectivity index (χ0n) is 16.1. The summed E-state index contributed by atoms with van der Waals surface area (Å²) in [5.74, 6) is 0.495. The SMILES string of the molecule is COc1ccccc1C(=O)N1CCC(C(=O)Nc2cc(C)cc(C)c2)CC1. The number of ether oxygens (including phenoxy) is 1. The quantitative estimate of drug-likeness (QED) is 0.895. The lowest BCUT2D eigenvalue weighted by molar-refractivity contribution is -0.121. The molecule has 0 spiro atoms. The van der Waals surface area contributed by atoms with Gasteiger partial charge in [0.05, 0.1) is 12.7 Å². The first-order valence-electron chi connectivity index (χ1n) is 9.29. The highest BCUT2D eigenvalue weighted by molar-refractivity contribution is 5.97. The Morgan fingerprint density at radius 3 is 2.30 bits per heavy atom. The molecule has 2 aromatic carbocycles. The fourth-order valence-electron chi connectivity index (χ4n) is 3.63. The van der Waals surface area contributed by atoms with Gasteiger partial charge in [0.2, 0.25) is 5.91 Å². The van der Waals surface area contributed by atoms with Crippen molar-refractivity contribution >= 4 is 17.5 Å². The molecule has 0 aromatic heterocycles. The molecule has 0 unspecified atom stereocenters. The number of hydrogen-bond acceptors (Lipinski definition) is 3. The minimum atomic E-state index is -0.0764. The molecule has 0 saturated carbocycles. The molecular formula is C22H26N2O3. The molecular weight excluding hydrogens is 340 g/mol. The number of anilines is 1. The lowest BCUT2D eigenvalue weighted by atomic mass is 9.95. The van der Waals surface area contributed by atoms with Gasteiger partial charge in [0.25, 0.3) is 5.91 Å². The standard InChI is InChI=1S/C22H26N2O3/c1-15-12-16(2)14-18(13-15)23-21(25)17-8-10-24(11-9-17)22(26)19-6-4-5-7-20(19)27-3/h4-7,12-14,17H,8-11H2,1-3H3,(H,23,25). The van der Waals surface area contributed by atoms with E-state index < -0.39 is 0 Å². The molecule has 3 rings (SSSR count). The van der Waals surface area contributed by atoms with E-state index in [0.717, 1.165) is 16.8 Å². The Labute approximate surface area is 160 Å². The molecule has 2 aromatic rings. The van der Waals surface area contributed by atoms with Crippen LogP contribution in [0.15, 0.2) is 42.5 Å². The lowest BCUT2D eigenvalue weighted by Gasteiger charge is -2.31. The summed E-state index contributed by atoms with van der Waals surface area (Å²) in [6.07, 6.45) is 1.33. The first-order chi connectivity index (χ1) is 13.0. The molecule has 27 heavy (non-hydrogen) atoms. The number of methoxy groups -OCH3 is 1. The summed E-state index contributed by atoms with van der Waals surface area (Å²) in [5, 5.41) is 3.02. The third-order valence-corrected chi connectivity index (χ3v) is 4.98. The fourth-order valence-corrected chi connectivity index (χ4v) is 3.63. The zero-order chi connectivity index (χ0) is 19.4. The predicted octanol–water partition coefficient (Wildman–Crippen LogP) is 3.80. The number of likely N-dealkylation sites (tertiary alicyclic amines) is 1. The number of nitrogens with one attached hydrogen (secondary N) is 1. The third-order valence-electron chi connectivity index (χ3n) is 4.98. The number of amides is 2. The van der Waals surface area contributed by atoms with Gasteiger partial charge < -0.3 is 15.0 Å². The van der Waals surface area contributed by atoms with E-state index in [4.69, 9.17) is 4.74 Å². The molecule has 2 amide bonds. The smallest absolute Gasteiger partial charge is 0.257 e. The van der Waals surface area contributed by atoms with Gasteiger partial charge in [0, 0.05) is 24.7 Å². The minimum absolute atomic E-state index is 0.0318. The Morgan fingerprint density at radius 2 is 1.67 bits per heavy atom. The van der Waals surface area contributed by atoms with Crippen LogP contribution in [0.3, 0.4) is 0 Å². The predicted molar refractivity (Wildman–Crippen MR) is 106 cm³/mol. The highest BCUT2D eigenvalue weighted by atomic mass is 16.5.